The first-order valence-corrected chi connectivity index (χ1v) is 20.8. The molecule has 0 fully saturated rings. The highest BCUT2D eigenvalue weighted by Gasteiger charge is 2.52. The molecule has 1 N–H and O–H groups in total. The molecule has 3 nitrogen and oxygen atoms in total. The zero-order chi connectivity index (χ0) is 39.6. The van der Waals surface area contributed by atoms with Crippen molar-refractivity contribution in [2.24, 2.45) is 4.99 Å². The minimum atomic E-state index is -0.561. The van der Waals surface area contributed by atoms with Gasteiger partial charge in [-0.15, -0.1) is 0 Å². The molecule has 3 aliphatic rings. The maximum atomic E-state index is 5.26. The Labute approximate surface area is 350 Å². The quantitative estimate of drug-likeness (QED) is 0.189. The van der Waals surface area contributed by atoms with Crippen molar-refractivity contribution in [3.8, 4) is 22.3 Å². The molecule has 2 aliphatic heterocycles. The number of anilines is 3. The second-order valence-electron chi connectivity index (χ2n) is 15.9. The summed E-state index contributed by atoms with van der Waals surface area (Å²) in [5.74, 6) is 0.861. The van der Waals surface area contributed by atoms with E-state index in [4.69, 9.17) is 4.99 Å². The Morgan fingerprint density at radius 2 is 1.07 bits per heavy atom. The highest BCUT2D eigenvalue weighted by Crippen LogP contribution is 2.64. The average Bonchev–Trinajstić information content (AvgIpc) is 3.63. The molecule has 282 valence electrons. The molecule has 0 aromatic heterocycles. The van der Waals surface area contributed by atoms with Gasteiger partial charge < -0.3 is 10.2 Å². The van der Waals surface area contributed by atoms with Crippen LogP contribution >= 0.6 is 0 Å². The Kier molecular flexibility index (Phi) is 7.82. The molecule has 9 aromatic rings. The van der Waals surface area contributed by atoms with Crippen LogP contribution in [0.5, 0.6) is 0 Å². The third-order valence-corrected chi connectivity index (χ3v) is 12.7. The van der Waals surface area contributed by atoms with Crippen molar-refractivity contribution in [1.29, 1.82) is 0 Å². The number of para-hydroxylation sites is 3. The summed E-state index contributed by atoms with van der Waals surface area (Å²) in [6.45, 7) is 0. The van der Waals surface area contributed by atoms with E-state index in [1.54, 1.807) is 0 Å². The van der Waals surface area contributed by atoms with E-state index in [-0.39, 0.29) is 6.04 Å². The van der Waals surface area contributed by atoms with Crippen LogP contribution in [-0.2, 0) is 5.41 Å². The highest BCUT2D eigenvalue weighted by atomic mass is 15.2. The molecular weight excluding hydrogens is 727 g/mol. The molecule has 0 bridgehead atoms. The average molecular weight is 766 g/mol. The van der Waals surface area contributed by atoms with Crippen molar-refractivity contribution in [3.63, 3.8) is 0 Å². The van der Waals surface area contributed by atoms with Crippen LogP contribution in [0.4, 0.5) is 17.1 Å². The molecular formula is C57H39N3. The van der Waals surface area contributed by atoms with Gasteiger partial charge in [0.2, 0.25) is 0 Å². The molecule has 1 spiro atoms. The number of fused-ring (bicyclic) bond motifs is 11. The molecule has 0 saturated heterocycles. The fourth-order valence-corrected chi connectivity index (χ4v) is 10.1. The molecule has 9 aromatic carbocycles. The molecule has 0 saturated carbocycles. The fraction of sp³-hybridized carbons (Fsp3) is 0.0351. The maximum Gasteiger partial charge on any atom is 0.134 e. The first-order chi connectivity index (χ1) is 29.8. The molecule has 3 heteroatoms. The number of benzene rings is 9. The van der Waals surface area contributed by atoms with Crippen LogP contribution in [0.25, 0.3) is 38.7 Å². The van der Waals surface area contributed by atoms with E-state index in [0.717, 1.165) is 33.9 Å². The van der Waals surface area contributed by atoms with Crippen LogP contribution in [0.3, 0.4) is 0 Å². The van der Waals surface area contributed by atoms with Gasteiger partial charge in [0, 0.05) is 11.3 Å². The van der Waals surface area contributed by atoms with Crippen molar-refractivity contribution >= 4 is 39.4 Å². The Bertz CT molecular complexity index is 3140. The lowest BCUT2D eigenvalue weighted by Gasteiger charge is -2.45. The van der Waals surface area contributed by atoms with E-state index in [2.05, 4.69) is 235 Å². The summed E-state index contributed by atoms with van der Waals surface area (Å²) in [5.41, 5.74) is 17.4. The van der Waals surface area contributed by atoms with Gasteiger partial charge in [-0.25, -0.2) is 4.99 Å². The van der Waals surface area contributed by atoms with Gasteiger partial charge in [-0.05, 0) is 109 Å². The van der Waals surface area contributed by atoms with Gasteiger partial charge in [-0.1, -0.05) is 182 Å². The summed E-state index contributed by atoms with van der Waals surface area (Å²) in [6.07, 6.45) is 2.23. The lowest BCUT2D eigenvalue weighted by molar-refractivity contribution is 0.753. The van der Waals surface area contributed by atoms with Crippen LogP contribution in [0, 0.1) is 0 Å². The van der Waals surface area contributed by atoms with Crippen molar-refractivity contribution in [3.05, 3.63) is 263 Å². The van der Waals surface area contributed by atoms with Crippen molar-refractivity contribution in [1.82, 2.24) is 5.32 Å². The Morgan fingerprint density at radius 1 is 0.450 bits per heavy atom. The zero-order valence-corrected chi connectivity index (χ0v) is 32.8. The summed E-state index contributed by atoms with van der Waals surface area (Å²) in [5, 5.41) is 6.32. The smallest absolute Gasteiger partial charge is 0.134 e. The number of nitrogens with one attached hydrogen (secondary N) is 1. The summed E-state index contributed by atoms with van der Waals surface area (Å²) >= 11 is 0. The number of amidine groups is 1. The fourth-order valence-electron chi connectivity index (χ4n) is 10.1. The van der Waals surface area contributed by atoms with E-state index < -0.39 is 5.41 Å². The predicted octanol–water partition coefficient (Wildman–Crippen LogP) is 13.8. The lowest BCUT2D eigenvalue weighted by Crippen LogP contribution is -2.36. The monoisotopic (exact) mass is 765 g/mol. The van der Waals surface area contributed by atoms with Crippen LogP contribution in [0.2, 0.25) is 0 Å². The summed E-state index contributed by atoms with van der Waals surface area (Å²) in [4.78, 5) is 7.70. The van der Waals surface area contributed by atoms with E-state index in [1.807, 2.05) is 0 Å². The van der Waals surface area contributed by atoms with Gasteiger partial charge in [0.1, 0.15) is 5.84 Å². The number of hydrogen-bond acceptors (Lipinski definition) is 3. The predicted molar refractivity (Wildman–Crippen MR) is 248 cm³/mol. The molecule has 0 amide bonds. The second kappa shape index (κ2) is 13.7. The number of aliphatic imine (C=N–C) groups is 1. The number of rotatable bonds is 5. The maximum absolute atomic E-state index is 5.26. The van der Waals surface area contributed by atoms with E-state index in [1.165, 1.54) is 66.7 Å². The van der Waals surface area contributed by atoms with Gasteiger partial charge in [0.15, 0.2) is 0 Å². The minimum Gasteiger partial charge on any atom is -0.359 e. The summed E-state index contributed by atoms with van der Waals surface area (Å²) in [7, 11) is 0. The van der Waals surface area contributed by atoms with Crippen molar-refractivity contribution in [2.75, 3.05) is 4.90 Å². The largest absolute Gasteiger partial charge is 0.359 e. The van der Waals surface area contributed by atoms with Crippen molar-refractivity contribution in [2.45, 2.75) is 11.5 Å². The third kappa shape index (κ3) is 5.19. The molecule has 1 aliphatic carbocycles. The molecule has 1 atom stereocenters. The molecule has 2 heterocycles. The standard InChI is InChI=1S/C57H39N3/c1-4-18-39(19-5-1)51-37-52(40-20-6-2-7-21-40)59-56(58-51)43-23-16-22-41(35-43)42-31-33-46-50(36-42)57(49-34-32-38-17-10-11-26-45(38)55(46)49)47-27-12-14-29-53(47)60(44-24-8-3-9-25-44)54-30-15-13-28-48(54)57/h1-37,51H,(H,58,59). The molecule has 60 heavy (non-hydrogen) atoms. The van der Waals surface area contributed by atoms with Crippen LogP contribution < -0.4 is 10.2 Å². The van der Waals surface area contributed by atoms with E-state index in [0.29, 0.717) is 0 Å². The van der Waals surface area contributed by atoms with Gasteiger partial charge in [0.25, 0.3) is 0 Å². The third-order valence-electron chi connectivity index (χ3n) is 12.7. The summed E-state index contributed by atoms with van der Waals surface area (Å²) < 4.78 is 0. The minimum absolute atomic E-state index is 0.0207. The van der Waals surface area contributed by atoms with Gasteiger partial charge in [-0.3, -0.25) is 0 Å². The van der Waals surface area contributed by atoms with Crippen LogP contribution in [0.1, 0.15) is 45.0 Å². The molecule has 1 unspecified atom stereocenters. The van der Waals surface area contributed by atoms with Crippen LogP contribution in [0.15, 0.2) is 229 Å². The topological polar surface area (TPSA) is 27.6 Å². The number of hydrogen-bond donors (Lipinski definition) is 1. The normalized spacial score (nSPS) is 15.6. The Morgan fingerprint density at radius 3 is 1.83 bits per heavy atom. The first-order valence-electron chi connectivity index (χ1n) is 20.8. The highest BCUT2D eigenvalue weighted by molar-refractivity contribution is 6.07. The Balaban J connectivity index is 1.06. The van der Waals surface area contributed by atoms with Crippen LogP contribution in [-0.4, -0.2) is 5.84 Å². The summed E-state index contributed by atoms with van der Waals surface area (Å²) in [6, 6.07) is 79.6. The van der Waals surface area contributed by atoms with Crippen molar-refractivity contribution < 1.29 is 0 Å². The van der Waals surface area contributed by atoms with Gasteiger partial charge >= 0.3 is 0 Å². The second-order valence-corrected chi connectivity index (χ2v) is 15.9. The molecule has 0 radical (unpaired) electrons. The Hall–Kier alpha value is -7.75. The van der Waals surface area contributed by atoms with E-state index >= 15 is 0 Å². The van der Waals surface area contributed by atoms with Gasteiger partial charge in [-0.2, -0.15) is 0 Å². The lowest BCUT2D eigenvalue weighted by atomic mass is 9.64. The number of nitrogens with zero attached hydrogens (tertiary/aromatic N) is 2. The zero-order valence-electron chi connectivity index (χ0n) is 32.8. The van der Waals surface area contributed by atoms with E-state index in [9.17, 15) is 0 Å². The van der Waals surface area contributed by atoms with Gasteiger partial charge in [0.05, 0.1) is 28.5 Å². The SMILES string of the molecule is C1=C(c2ccccc2)N=C(c2cccc(-c3ccc4c(c3)C3(c5ccccc5N(c5ccccc5)c5ccccc53)c3ccc5ccccc5c3-4)c2)NC1c1ccccc1. The first kappa shape index (κ1) is 34.3. The molecule has 12 rings (SSSR count).